The molecule has 2 aliphatic heterocycles. The van der Waals surface area contributed by atoms with Crippen molar-refractivity contribution in [1.82, 2.24) is 4.90 Å². The summed E-state index contributed by atoms with van der Waals surface area (Å²) in [6, 6.07) is 15.2. The Kier molecular flexibility index (Phi) is 4.33. The van der Waals surface area contributed by atoms with Gasteiger partial charge in [-0.2, -0.15) is 0 Å². The third kappa shape index (κ3) is 2.56. The Balaban J connectivity index is 1.87. The van der Waals surface area contributed by atoms with Crippen LogP contribution < -0.4 is 9.64 Å². The SMILES string of the molecule is COc1ccc(N2C3=CCCCN3[C@@H](C)[C@@]2(O)c2ccc(Cl)cc2)cc1. The number of ether oxygens (including phenoxy) is 1. The number of allylic oxidation sites excluding steroid dienone is 1. The van der Waals surface area contributed by atoms with E-state index in [0.29, 0.717) is 5.02 Å². The van der Waals surface area contributed by atoms with Crippen molar-refractivity contribution < 1.29 is 9.84 Å². The first-order valence-electron chi connectivity index (χ1n) is 8.95. The van der Waals surface area contributed by atoms with Crippen molar-refractivity contribution in [3.05, 3.63) is 71.0 Å². The number of hydrogen-bond donors (Lipinski definition) is 1. The van der Waals surface area contributed by atoms with Gasteiger partial charge in [0.05, 0.1) is 13.2 Å². The molecule has 5 heteroatoms. The first-order chi connectivity index (χ1) is 12.6. The van der Waals surface area contributed by atoms with Crippen molar-refractivity contribution in [2.75, 3.05) is 18.6 Å². The molecule has 1 fully saturated rings. The van der Waals surface area contributed by atoms with Crippen LogP contribution in [0, 0.1) is 0 Å². The van der Waals surface area contributed by atoms with Crippen LogP contribution in [0.5, 0.6) is 5.75 Å². The molecule has 0 bridgehead atoms. The monoisotopic (exact) mass is 370 g/mol. The van der Waals surface area contributed by atoms with E-state index in [-0.39, 0.29) is 6.04 Å². The molecule has 0 saturated carbocycles. The van der Waals surface area contributed by atoms with Crippen molar-refractivity contribution in [2.24, 2.45) is 0 Å². The van der Waals surface area contributed by atoms with E-state index >= 15 is 0 Å². The summed E-state index contributed by atoms with van der Waals surface area (Å²) < 4.78 is 5.29. The quantitative estimate of drug-likeness (QED) is 0.871. The average Bonchev–Trinajstić information content (AvgIpc) is 2.91. The van der Waals surface area contributed by atoms with Crippen molar-refractivity contribution in [3.63, 3.8) is 0 Å². The highest BCUT2D eigenvalue weighted by atomic mass is 35.5. The third-order valence-electron chi connectivity index (χ3n) is 5.44. The predicted octanol–water partition coefficient (Wildman–Crippen LogP) is 4.34. The normalized spacial score (nSPS) is 25.1. The molecule has 0 spiro atoms. The molecule has 26 heavy (non-hydrogen) atoms. The fourth-order valence-electron chi connectivity index (χ4n) is 4.04. The summed E-state index contributed by atoms with van der Waals surface area (Å²) in [5.41, 5.74) is 0.598. The van der Waals surface area contributed by atoms with Crippen LogP contribution in [0.3, 0.4) is 0 Å². The summed E-state index contributed by atoms with van der Waals surface area (Å²) in [5, 5.41) is 12.6. The fraction of sp³-hybridized carbons (Fsp3) is 0.333. The van der Waals surface area contributed by atoms with E-state index in [1.54, 1.807) is 7.11 Å². The lowest BCUT2D eigenvalue weighted by molar-refractivity contribution is 0.00784. The largest absolute Gasteiger partial charge is 0.497 e. The number of rotatable bonds is 3. The molecule has 1 N–H and O–H groups in total. The Hall–Kier alpha value is -2.17. The highest BCUT2D eigenvalue weighted by Gasteiger charge is 2.53. The molecule has 0 radical (unpaired) electrons. The van der Waals surface area contributed by atoms with E-state index in [1.807, 2.05) is 53.4 Å². The summed E-state index contributed by atoms with van der Waals surface area (Å²) >= 11 is 6.08. The number of aliphatic hydroxyl groups is 1. The number of nitrogens with zero attached hydrogens (tertiary/aromatic N) is 2. The van der Waals surface area contributed by atoms with Crippen molar-refractivity contribution >= 4 is 17.3 Å². The van der Waals surface area contributed by atoms with Gasteiger partial charge in [0.2, 0.25) is 0 Å². The zero-order valence-electron chi connectivity index (χ0n) is 15.0. The standard InChI is InChI=1S/C21H23ClN2O2/c1-15-21(25,16-6-8-17(22)9-7-16)24(20-5-3-4-14-23(15)20)18-10-12-19(26-2)13-11-18/h5-13,15,25H,3-4,14H2,1-2H3/t15-,21+/m0/s1. The Labute approximate surface area is 159 Å². The molecular formula is C21H23ClN2O2. The second kappa shape index (κ2) is 6.53. The molecule has 2 atom stereocenters. The number of methoxy groups -OCH3 is 1. The van der Waals surface area contributed by atoms with E-state index in [2.05, 4.69) is 17.9 Å². The van der Waals surface area contributed by atoms with Crippen LogP contribution in [0.15, 0.2) is 60.4 Å². The number of halogens is 1. The first kappa shape index (κ1) is 17.3. The molecule has 0 aromatic heterocycles. The van der Waals surface area contributed by atoms with Crippen molar-refractivity contribution in [2.45, 2.75) is 31.5 Å². The van der Waals surface area contributed by atoms with Gasteiger partial charge in [0.25, 0.3) is 0 Å². The minimum Gasteiger partial charge on any atom is -0.497 e. The second-order valence-electron chi connectivity index (χ2n) is 6.84. The van der Waals surface area contributed by atoms with Crippen molar-refractivity contribution in [3.8, 4) is 5.75 Å². The van der Waals surface area contributed by atoms with E-state index < -0.39 is 5.72 Å². The maximum atomic E-state index is 12.0. The van der Waals surface area contributed by atoms with E-state index in [9.17, 15) is 5.11 Å². The van der Waals surface area contributed by atoms with Gasteiger partial charge in [-0.3, -0.25) is 4.90 Å². The number of benzene rings is 2. The molecule has 2 aliphatic rings. The van der Waals surface area contributed by atoms with E-state index in [0.717, 1.165) is 42.2 Å². The lowest BCUT2D eigenvalue weighted by Gasteiger charge is -2.37. The van der Waals surface area contributed by atoms with Crippen LogP contribution in [0.1, 0.15) is 25.3 Å². The van der Waals surface area contributed by atoms with Gasteiger partial charge in [-0.15, -0.1) is 0 Å². The molecule has 4 nitrogen and oxygen atoms in total. The lowest BCUT2D eigenvalue weighted by Crippen LogP contribution is -2.47. The number of hydrogen-bond acceptors (Lipinski definition) is 4. The van der Waals surface area contributed by atoms with Crippen molar-refractivity contribution in [1.29, 1.82) is 0 Å². The van der Waals surface area contributed by atoms with Gasteiger partial charge in [0.1, 0.15) is 11.6 Å². The minimum absolute atomic E-state index is 0.0858. The van der Waals surface area contributed by atoms with E-state index in [1.165, 1.54) is 0 Å². The van der Waals surface area contributed by atoms with Crippen LogP contribution in [0.4, 0.5) is 5.69 Å². The smallest absolute Gasteiger partial charge is 0.190 e. The van der Waals surface area contributed by atoms with Crippen LogP contribution in [0.2, 0.25) is 5.02 Å². The van der Waals surface area contributed by atoms with Crippen LogP contribution in [-0.4, -0.2) is 29.7 Å². The van der Waals surface area contributed by atoms with Crippen LogP contribution in [-0.2, 0) is 5.72 Å². The maximum Gasteiger partial charge on any atom is 0.190 e. The summed E-state index contributed by atoms with van der Waals surface area (Å²) in [6.45, 7) is 3.02. The summed E-state index contributed by atoms with van der Waals surface area (Å²) in [6.07, 6.45) is 4.33. The average molecular weight is 371 g/mol. The van der Waals surface area contributed by atoms with E-state index in [4.69, 9.17) is 16.3 Å². The Morgan fingerprint density at radius 1 is 1.12 bits per heavy atom. The summed E-state index contributed by atoms with van der Waals surface area (Å²) in [4.78, 5) is 4.34. The molecule has 0 amide bonds. The van der Waals surface area contributed by atoms with Crippen LogP contribution in [0.25, 0.3) is 0 Å². The summed E-state index contributed by atoms with van der Waals surface area (Å²) in [7, 11) is 1.66. The zero-order valence-corrected chi connectivity index (χ0v) is 15.8. The molecule has 2 heterocycles. The second-order valence-corrected chi connectivity index (χ2v) is 7.28. The molecular weight excluding hydrogens is 348 g/mol. The molecule has 1 saturated heterocycles. The number of fused-ring (bicyclic) bond motifs is 1. The minimum atomic E-state index is -1.17. The first-order valence-corrected chi connectivity index (χ1v) is 9.33. The van der Waals surface area contributed by atoms with Gasteiger partial charge in [-0.25, -0.2) is 0 Å². The Morgan fingerprint density at radius 2 is 1.81 bits per heavy atom. The van der Waals surface area contributed by atoms with Gasteiger partial charge in [0.15, 0.2) is 5.72 Å². The van der Waals surface area contributed by atoms with Gasteiger partial charge in [-0.1, -0.05) is 23.7 Å². The van der Waals surface area contributed by atoms with Crippen LogP contribution >= 0.6 is 11.6 Å². The molecule has 2 aromatic carbocycles. The molecule has 0 unspecified atom stereocenters. The Morgan fingerprint density at radius 3 is 2.46 bits per heavy atom. The zero-order chi connectivity index (χ0) is 18.3. The van der Waals surface area contributed by atoms with Gasteiger partial charge in [-0.05, 0) is 62.2 Å². The lowest BCUT2D eigenvalue weighted by atomic mass is 9.95. The molecule has 0 aliphatic carbocycles. The number of anilines is 1. The highest BCUT2D eigenvalue weighted by Crippen LogP contribution is 2.47. The maximum absolute atomic E-state index is 12.0. The fourth-order valence-corrected chi connectivity index (χ4v) is 4.17. The third-order valence-corrected chi connectivity index (χ3v) is 5.70. The Bertz CT molecular complexity index is 819. The van der Waals surface area contributed by atoms with Gasteiger partial charge < -0.3 is 14.7 Å². The summed E-state index contributed by atoms with van der Waals surface area (Å²) in [5.74, 6) is 1.86. The van der Waals surface area contributed by atoms with Gasteiger partial charge in [0, 0.05) is 22.8 Å². The topological polar surface area (TPSA) is 35.9 Å². The molecule has 136 valence electrons. The highest BCUT2D eigenvalue weighted by molar-refractivity contribution is 6.30. The van der Waals surface area contributed by atoms with Gasteiger partial charge >= 0.3 is 0 Å². The predicted molar refractivity (Wildman–Crippen MR) is 104 cm³/mol. The molecule has 2 aromatic rings. The molecule has 4 rings (SSSR count).